The fraction of sp³-hybridized carbons (Fsp3) is 0.333. The highest BCUT2D eigenvalue weighted by atomic mass is 32.2. The number of rotatable bonds is 13. The van der Waals surface area contributed by atoms with E-state index in [2.05, 4.69) is 37.4 Å². The quantitative estimate of drug-likeness (QED) is 0.236. The number of amides is 2. The monoisotopic (exact) mass is 488 g/mol. The molecular weight excluding hydrogens is 452 g/mol. The smallest absolute Gasteiger partial charge is 0.243 e. The summed E-state index contributed by atoms with van der Waals surface area (Å²) in [7, 11) is 0. The van der Waals surface area contributed by atoms with Gasteiger partial charge in [0, 0.05) is 36.6 Å². The summed E-state index contributed by atoms with van der Waals surface area (Å²) in [5.41, 5.74) is 3.23. The highest BCUT2D eigenvalue weighted by molar-refractivity contribution is 7.99. The lowest BCUT2D eigenvalue weighted by Gasteiger charge is -2.32. The molecule has 5 heteroatoms. The van der Waals surface area contributed by atoms with E-state index in [-0.39, 0.29) is 11.8 Å². The average molecular weight is 489 g/mol. The van der Waals surface area contributed by atoms with Crippen molar-refractivity contribution in [3.8, 4) is 0 Å². The van der Waals surface area contributed by atoms with Gasteiger partial charge in [0.2, 0.25) is 11.8 Å². The molecule has 1 N–H and O–H groups in total. The molecule has 0 bridgehead atoms. The maximum absolute atomic E-state index is 13.6. The second-order valence-electron chi connectivity index (χ2n) is 8.71. The molecule has 0 aromatic heterocycles. The summed E-state index contributed by atoms with van der Waals surface area (Å²) in [6.07, 6.45) is 2.79. The number of hydrogen-bond donors (Lipinski definition) is 1. The number of hydrogen-bond acceptors (Lipinski definition) is 3. The van der Waals surface area contributed by atoms with Gasteiger partial charge in [-0.15, -0.1) is 11.8 Å². The molecule has 0 fully saturated rings. The number of carbonyl (C=O) groups excluding carboxylic acids is 2. The molecule has 2 amide bonds. The molecule has 0 heterocycles. The lowest BCUT2D eigenvalue weighted by Crippen LogP contribution is -2.50. The molecule has 0 spiro atoms. The molecule has 3 rings (SSSR count). The number of nitrogens with zero attached hydrogens (tertiary/aromatic N) is 1. The lowest BCUT2D eigenvalue weighted by molar-refractivity contribution is -0.141. The maximum atomic E-state index is 13.6. The van der Waals surface area contributed by atoms with Gasteiger partial charge in [0.05, 0.1) is 0 Å². The molecular formula is C30H36N2O2S. The zero-order valence-corrected chi connectivity index (χ0v) is 21.6. The largest absolute Gasteiger partial charge is 0.354 e. The number of aryl methyl sites for hydroxylation is 1. The fourth-order valence-electron chi connectivity index (χ4n) is 3.95. The van der Waals surface area contributed by atoms with Crippen molar-refractivity contribution in [1.82, 2.24) is 10.2 Å². The van der Waals surface area contributed by atoms with Gasteiger partial charge in [-0.2, -0.15) is 0 Å². The van der Waals surface area contributed by atoms with Crippen LogP contribution in [-0.4, -0.2) is 35.1 Å². The molecule has 35 heavy (non-hydrogen) atoms. The SMILES string of the molecule is CCCCNC(=O)[C@@H](Cc1ccccc1)N(Cc1ccccc1C)C(=O)CCSc1ccccc1. The Morgan fingerprint density at radius 1 is 0.914 bits per heavy atom. The Bertz CT molecular complexity index is 1060. The molecule has 0 aliphatic rings. The first-order valence-corrected chi connectivity index (χ1v) is 13.4. The first-order chi connectivity index (χ1) is 17.1. The van der Waals surface area contributed by atoms with Crippen molar-refractivity contribution >= 4 is 23.6 Å². The van der Waals surface area contributed by atoms with Crippen molar-refractivity contribution in [3.63, 3.8) is 0 Å². The average Bonchev–Trinajstić information content (AvgIpc) is 2.88. The first kappa shape index (κ1) is 26.6. The number of unbranched alkanes of at least 4 members (excludes halogenated alkanes) is 1. The van der Waals surface area contributed by atoms with E-state index in [4.69, 9.17) is 0 Å². The summed E-state index contributed by atoms with van der Waals surface area (Å²) in [6, 6.07) is 27.6. The van der Waals surface area contributed by atoms with Crippen LogP contribution in [0.4, 0.5) is 0 Å². The van der Waals surface area contributed by atoms with E-state index in [1.807, 2.05) is 66.7 Å². The van der Waals surface area contributed by atoms with Crippen LogP contribution < -0.4 is 5.32 Å². The van der Waals surface area contributed by atoms with Crippen LogP contribution in [0.15, 0.2) is 89.8 Å². The van der Waals surface area contributed by atoms with Gasteiger partial charge in [-0.25, -0.2) is 0 Å². The molecule has 0 aliphatic carbocycles. The van der Waals surface area contributed by atoms with E-state index in [0.717, 1.165) is 34.4 Å². The van der Waals surface area contributed by atoms with Gasteiger partial charge >= 0.3 is 0 Å². The number of thioether (sulfide) groups is 1. The minimum Gasteiger partial charge on any atom is -0.354 e. The fourth-order valence-corrected chi connectivity index (χ4v) is 4.81. The third-order valence-electron chi connectivity index (χ3n) is 6.03. The van der Waals surface area contributed by atoms with E-state index in [1.165, 1.54) is 0 Å². The molecule has 184 valence electrons. The molecule has 1 atom stereocenters. The van der Waals surface area contributed by atoms with Gasteiger partial charge < -0.3 is 10.2 Å². The molecule has 4 nitrogen and oxygen atoms in total. The standard InChI is InChI=1S/C30H36N2O2S/c1-3-4-20-31-30(34)28(22-25-14-7-5-8-15-25)32(23-26-16-12-11-13-24(26)2)29(33)19-21-35-27-17-9-6-10-18-27/h5-18,28H,3-4,19-23H2,1-2H3,(H,31,34)/t28-/m1/s1. The Labute approximate surface area is 214 Å². The predicted octanol–water partition coefficient (Wildman–Crippen LogP) is 6.03. The highest BCUT2D eigenvalue weighted by Crippen LogP contribution is 2.21. The Morgan fingerprint density at radius 3 is 2.26 bits per heavy atom. The molecule has 0 unspecified atom stereocenters. The summed E-state index contributed by atoms with van der Waals surface area (Å²) in [6.45, 7) is 5.19. The van der Waals surface area contributed by atoms with Crippen LogP contribution in [0.3, 0.4) is 0 Å². The van der Waals surface area contributed by atoms with Crippen molar-refractivity contribution in [2.45, 2.75) is 57.0 Å². The van der Waals surface area contributed by atoms with Crippen molar-refractivity contribution in [2.75, 3.05) is 12.3 Å². The summed E-state index contributed by atoms with van der Waals surface area (Å²) in [5.74, 6) is 0.589. The van der Waals surface area contributed by atoms with Gasteiger partial charge in [0.15, 0.2) is 0 Å². The van der Waals surface area contributed by atoms with Crippen molar-refractivity contribution in [1.29, 1.82) is 0 Å². The molecule has 3 aromatic rings. The summed E-state index contributed by atoms with van der Waals surface area (Å²) in [5, 5.41) is 3.08. The zero-order chi connectivity index (χ0) is 24.9. The highest BCUT2D eigenvalue weighted by Gasteiger charge is 2.30. The van der Waals surface area contributed by atoms with Crippen LogP contribution >= 0.6 is 11.8 Å². The van der Waals surface area contributed by atoms with E-state index < -0.39 is 6.04 Å². The van der Waals surface area contributed by atoms with Crippen molar-refractivity contribution < 1.29 is 9.59 Å². The minimum absolute atomic E-state index is 0.00302. The zero-order valence-electron chi connectivity index (χ0n) is 20.8. The molecule has 0 saturated heterocycles. The number of carbonyl (C=O) groups is 2. The Hall–Kier alpha value is -3.05. The molecule has 0 aliphatic heterocycles. The van der Waals surface area contributed by atoms with Gasteiger partial charge in [-0.3, -0.25) is 9.59 Å². The van der Waals surface area contributed by atoms with E-state index in [9.17, 15) is 9.59 Å². The van der Waals surface area contributed by atoms with Gasteiger partial charge in [-0.1, -0.05) is 86.1 Å². The van der Waals surface area contributed by atoms with Crippen LogP contribution in [0, 0.1) is 6.92 Å². The summed E-state index contributed by atoms with van der Waals surface area (Å²) in [4.78, 5) is 30.0. The van der Waals surface area contributed by atoms with Crippen LogP contribution in [0.5, 0.6) is 0 Å². The minimum atomic E-state index is -0.567. The molecule has 0 radical (unpaired) electrons. The third kappa shape index (κ3) is 8.59. The third-order valence-corrected chi connectivity index (χ3v) is 7.04. The first-order valence-electron chi connectivity index (χ1n) is 12.4. The van der Waals surface area contributed by atoms with Crippen molar-refractivity contribution in [3.05, 3.63) is 102 Å². The van der Waals surface area contributed by atoms with Crippen LogP contribution in [0.25, 0.3) is 0 Å². The summed E-state index contributed by atoms with van der Waals surface area (Å²) < 4.78 is 0. The maximum Gasteiger partial charge on any atom is 0.243 e. The predicted molar refractivity (Wildman–Crippen MR) is 145 cm³/mol. The second kappa shape index (κ2) is 14.4. The van der Waals surface area contributed by atoms with E-state index in [1.54, 1.807) is 16.7 Å². The normalized spacial score (nSPS) is 11.6. The van der Waals surface area contributed by atoms with Crippen LogP contribution in [-0.2, 0) is 22.6 Å². The lowest BCUT2D eigenvalue weighted by atomic mass is 10.0. The molecule has 3 aromatic carbocycles. The van der Waals surface area contributed by atoms with Crippen molar-refractivity contribution in [2.24, 2.45) is 0 Å². The van der Waals surface area contributed by atoms with Crippen LogP contribution in [0.2, 0.25) is 0 Å². The Morgan fingerprint density at radius 2 is 1.57 bits per heavy atom. The van der Waals surface area contributed by atoms with E-state index in [0.29, 0.717) is 31.7 Å². The van der Waals surface area contributed by atoms with Gasteiger partial charge in [0.25, 0.3) is 0 Å². The Kier molecular flexibility index (Phi) is 10.9. The number of benzene rings is 3. The van der Waals surface area contributed by atoms with Gasteiger partial charge in [0.1, 0.15) is 6.04 Å². The molecule has 0 saturated carbocycles. The Balaban J connectivity index is 1.84. The topological polar surface area (TPSA) is 49.4 Å². The van der Waals surface area contributed by atoms with E-state index >= 15 is 0 Å². The summed E-state index contributed by atoms with van der Waals surface area (Å²) >= 11 is 1.67. The number of nitrogens with one attached hydrogen (secondary N) is 1. The van der Waals surface area contributed by atoms with Crippen LogP contribution in [0.1, 0.15) is 42.9 Å². The second-order valence-corrected chi connectivity index (χ2v) is 9.88. The van der Waals surface area contributed by atoms with Gasteiger partial charge in [-0.05, 0) is 42.2 Å².